The average Bonchev–Trinajstić information content (AvgIpc) is 2.88. The number of nitrogens with one attached hydrogen (secondary N) is 1. The summed E-state index contributed by atoms with van der Waals surface area (Å²) in [5.41, 5.74) is 2.96. The third-order valence-corrected chi connectivity index (χ3v) is 3.78. The zero-order chi connectivity index (χ0) is 16.6. The number of anilines is 1. The molecule has 0 spiro atoms. The van der Waals surface area contributed by atoms with Gasteiger partial charge in [0.05, 0.1) is 6.20 Å². The topological polar surface area (TPSA) is 81.8 Å². The molecule has 0 atom stereocenters. The van der Waals surface area contributed by atoms with Crippen LogP contribution in [0.1, 0.15) is 11.1 Å². The number of para-hydroxylation sites is 1. The van der Waals surface area contributed by atoms with E-state index in [1.54, 1.807) is 7.05 Å². The number of carbonyl (C=O) groups excluding carboxylic acids is 1. The van der Waals surface area contributed by atoms with Crippen molar-refractivity contribution in [3.8, 4) is 0 Å². The Morgan fingerprint density at radius 2 is 1.96 bits per heavy atom. The fraction of sp³-hybridized carbons (Fsp3) is 0.250. The van der Waals surface area contributed by atoms with Crippen LogP contribution in [0.15, 0.2) is 35.5 Å². The van der Waals surface area contributed by atoms with Crippen LogP contribution in [0.3, 0.4) is 0 Å². The molecule has 0 saturated carbocycles. The summed E-state index contributed by atoms with van der Waals surface area (Å²) in [5.74, 6) is -0.269. The fourth-order valence-corrected chi connectivity index (χ4v) is 2.52. The molecule has 7 heteroatoms. The fourth-order valence-electron chi connectivity index (χ4n) is 2.52. The van der Waals surface area contributed by atoms with Crippen LogP contribution >= 0.6 is 0 Å². The number of amides is 1. The van der Waals surface area contributed by atoms with Crippen molar-refractivity contribution >= 4 is 22.6 Å². The van der Waals surface area contributed by atoms with Crippen molar-refractivity contribution < 1.29 is 4.79 Å². The van der Waals surface area contributed by atoms with Crippen LogP contribution in [-0.2, 0) is 18.4 Å². The standard InChI is InChI=1S/C16H17N5O2/c1-10-5-4-6-11(2)14(10)19-13(22)8-21-9-17-15-12(16(21)23)7-18-20(15)3/h4-7,9H,8H2,1-3H3,(H,19,22). The molecule has 0 bridgehead atoms. The van der Waals surface area contributed by atoms with Gasteiger partial charge in [-0.3, -0.25) is 18.8 Å². The van der Waals surface area contributed by atoms with E-state index in [0.29, 0.717) is 11.0 Å². The molecule has 0 aliphatic rings. The summed E-state index contributed by atoms with van der Waals surface area (Å²) in [5, 5.41) is 7.27. The lowest BCUT2D eigenvalue weighted by atomic mass is 10.1. The SMILES string of the molecule is Cc1cccc(C)c1NC(=O)Cn1cnc2c(cnn2C)c1=O. The first kappa shape index (κ1) is 15.0. The number of nitrogens with zero attached hydrogens (tertiary/aromatic N) is 4. The summed E-state index contributed by atoms with van der Waals surface area (Å²) in [7, 11) is 1.72. The van der Waals surface area contributed by atoms with Crippen LogP contribution < -0.4 is 10.9 Å². The highest BCUT2D eigenvalue weighted by Gasteiger charge is 2.12. The van der Waals surface area contributed by atoms with Gasteiger partial charge in [0.25, 0.3) is 5.56 Å². The van der Waals surface area contributed by atoms with Crippen LogP contribution in [0.4, 0.5) is 5.69 Å². The summed E-state index contributed by atoms with van der Waals surface area (Å²) in [6.45, 7) is 3.76. The summed E-state index contributed by atoms with van der Waals surface area (Å²) in [4.78, 5) is 28.8. The molecule has 1 amide bonds. The van der Waals surface area contributed by atoms with Gasteiger partial charge in [-0.2, -0.15) is 5.10 Å². The maximum absolute atomic E-state index is 12.4. The van der Waals surface area contributed by atoms with Crippen molar-refractivity contribution in [1.29, 1.82) is 0 Å². The predicted molar refractivity (Wildman–Crippen MR) is 87.3 cm³/mol. The van der Waals surface area contributed by atoms with E-state index in [9.17, 15) is 9.59 Å². The van der Waals surface area contributed by atoms with Gasteiger partial charge in [0.2, 0.25) is 5.91 Å². The van der Waals surface area contributed by atoms with E-state index in [1.807, 2.05) is 32.0 Å². The molecule has 0 radical (unpaired) electrons. The molecule has 3 rings (SSSR count). The molecule has 0 aliphatic carbocycles. The molecule has 0 aliphatic heterocycles. The maximum Gasteiger partial charge on any atom is 0.264 e. The third-order valence-electron chi connectivity index (χ3n) is 3.78. The highest BCUT2D eigenvalue weighted by atomic mass is 16.2. The van der Waals surface area contributed by atoms with Gasteiger partial charge < -0.3 is 5.32 Å². The second-order valence-electron chi connectivity index (χ2n) is 5.50. The monoisotopic (exact) mass is 311 g/mol. The van der Waals surface area contributed by atoms with Crippen LogP contribution in [0.2, 0.25) is 0 Å². The van der Waals surface area contributed by atoms with E-state index >= 15 is 0 Å². The van der Waals surface area contributed by atoms with Gasteiger partial charge >= 0.3 is 0 Å². The quantitative estimate of drug-likeness (QED) is 0.792. The minimum Gasteiger partial charge on any atom is -0.324 e. The number of rotatable bonds is 3. The molecule has 118 valence electrons. The Hall–Kier alpha value is -2.96. The normalized spacial score (nSPS) is 10.9. The minimum atomic E-state index is -0.278. The Labute approximate surface area is 132 Å². The lowest BCUT2D eigenvalue weighted by Gasteiger charge is -2.12. The maximum atomic E-state index is 12.4. The smallest absolute Gasteiger partial charge is 0.264 e. The molecule has 3 aromatic rings. The average molecular weight is 311 g/mol. The van der Waals surface area contributed by atoms with Crippen LogP contribution in [0.5, 0.6) is 0 Å². The predicted octanol–water partition coefficient (Wildman–Crippen LogP) is 1.39. The molecule has 1 aromatic carbocycles. The molecule has 1 N–H and O–H groups in total. The number of hydrogen-bond acceptors (Lipinski definition) is 4. The van der Waals surface area contributed by atoms with Crippen molar-refractivity contribution in [3.05, 3.63) is 52.2 Å². The number of aryl methyl sites for hydroxylation is 3. The van der Waals surface area contributed by atoms with Crippen molar-refractivity contribution in [1.82, 2.24) is 19.3 Å². The van der Waals surface area contributed by atoms with Gasteiger partial charge in [0.15, 0.2) is 5.65 Å². The lowest BCUT2D eigenvalue weighted by molar-refractivity contribution is -0.116. The summed E-state index contributed by atoms with van der Waals surface area (Å²) in [6.07, 6.45) is 2.83. The Balaban J connectivity index is 1.86. The summed E-state index contributed by atoms with van der Waals surface area (Å²) >= 11 is 0. The van der Waals surface area contributed by atoms with Crippen molar-refractivity contribution in [2.24, 2.45) is 7.05 Å². The Morgan fingerprint density at radius 1 is 1.26 bits per heavy atom. The third kappa shape index (κ3) is 2.73. The zero-order valence-corrected chi connectivity index (χ0v) is 13.2. The highest BCUT2D eigenvalue weighted by Crippen LogP contribution is 2.19. The number of fused-ring (bicyclic) bond motifs is 1. The molecular formula is C16H17N5O2. The second-order valence-corrected chi connectivity index (χ2v) is 5.50. The summed E-state index contributed by atoms with van der Waals surface area (Å²) < 4.78 is 2.81. The van der Waals surface area contributed by atoms with Gasteiger partial charge in [-0.25, -0.2) is 4.98 Å². The van der Waals surface area contributed by atoms with E-state index in [-0.39, 0.29) is 18.0 Å². The largest absolute Gasteiger partial charge is 0.324 e. The number of hydrogen-bond donors (Lipinski definition) is 1. The van der Waals surface area contributed by atoms with Crippen molar-refractivity contribution in [3.63, 3.8) is 0 Å². The van der Waals surface area contributed by atoms with Crippen LogP contribution in [-0.4, -0.2) is 25.2 Å². The van der Waals surface area contributed by atoms with Gasteiger partial charge in [-0.15, -0.1) is 0 Å². The minimum absolute atomic E-state index is 0.0928. The highest BCUT2D eigenvalue weighted by molar-refractivity contribution is 5.92. The molecule has 0 unspecified atom stereocenters. The number of benzene rings is 1. The molecular weight excluding hydrogens is 294 g/mol. The number of carbonyl (C=O) groups is 1. The lowest BCUT2D eigenvalue weighted by Crippen LogP contribution is -2.28. The van der Waals surface area contributed by atoms with Gasteiger partial charge in [-0.1, -0.05) is 18.2 Å². The molecule has 7 nitrogen and oxygen atoms in total. The Morgan fingerprint density at radius 3 is 2.65 bits per heavy atom. The van der Waals surface area contributed by atoms with Gasteiger partial charge in [0.1, 0.15) is 18.3 Å². The van der Waals surface area contributed by atoms with E-state index in [0.717, 1.165) is 16.8 Å². The van der Waals surface area contributed by atoms with E-state index in [2.05, 4.69) is 15.4 Å². The van der Waals surface area contributed by atoms with E-state index < -0.39 is 0 Å². The molecule has 0 saturated heterocycles. The molecule has 23 heavy (non-hydrogen) atoms. The van der Waals surface area contributed by atoms with Crippen LogP contribution in [0, 0.1) is 13.8 Å². The first-order valence-electron chi connectivity index (χ1n) is 7.20. The first-order valence-corrected chi connectivity index (χ1v) is 7.20. The Bertz CT molecular complexity index is 934. The molecule has 2 aromatic heterocycles. The van der Waals surface area contributed by atoms with Crippen molar-refractivity contribution in [2.45, 2.75) is 20.4 Å². The van der Waals surface area contributed by atoms with Gasteiger partial charge in [0, 0.05) is 12.7 Å². The Kier molecular flexibility index (Phi) is 3.69. The molecule has 0 fully saturated rings. The second kappa shape index (κ2) is 5.68. The number of aromatic nitrogens is 4. The van der Waals surface area contributed by atoms with E-state index in [1.165, 1.54) is 21.8 Å². The zero-order valence-electron chi connectivity index (χ0n) is 13.2. The van der Waals surface area contributed by atoms with Crippen molar-refractivity contribution in [2.75, 3.05) is 5.32 Å². The molecule has 2 heterocycles. The first-order chi connectivity index (χ1) is 11.0. The van der Waals surface area contributed by atoms with E-state index in [4.69, 9.17) is 0 Å². The van der Waals surface area contributed by atoms with Gasteiger partial charge in [-0.05, 0) is 25.0 Å². The van der Waals surface area contributed by atoms with Crippen LogP contribution in [0.25, 0.3) is 11.0 Å². The summed E-state index contributed by atoms with van der Waals surface area (Å²) in [6, 6.07) is 5.79.